The van der Waals surface area contributed by atoms with Crippen molar-refractivity contribution < 1.29 is 4.52 Å². The number of nitrogens with zero attached hydrogens (tertiary/aromatic N) is 4. The Morgan fingerprint density at radius 3 is 2.52 bits per heavy atom. The third kappa shape index (κ3) is 7.57. The number of rotatable bonds is 5. The molecule has 1 saturated carbocycles. The molecule has 5 rings (SSSR count). The normalized spacial score (nSPS) is 20.5. The fourth-order valence-corrected chi connectivity index (χ4v) is 5.64. The molecule has 184 valence electrons. The molecule has 0 spiro atoms. The van der Waals surface area contributed by atoms with Crippen molar-refractivity contribution in [2.45, 2.75) is 97.7 Å². The molecule has 0 radical (unpaired) electrons. The molecule has 6 nitrogen and oxygen atoms in total. The zero-order valence-corrected chi connectivity index (χ0v) is 21.9. The second kappa shape index (κ2) is 13.1. The summed E-state index contributed by atoms with van der Waals surface area (Å²) in [5.74, 6) is 0.961. The molecule has 2 aromatic heterocycles. The molecule has 2 aromatic rings. The van der Waals surface area contributed by atoms with Gasteiger partial charge in [-0.05, 0) is 52.3 Å². The Labute approximate surface area is 204 Å². The lowest BCUT2D eigenvalue weighted by molar-refractivity contribution is 0.266. The molecule has 4 heterocycles. The maximum absolute atomic E-state index is 4.86. The molecule has 1 atom stereocenters. The van der Waals surface area contributed by atoms with E-state index < -0.39 is 0 Å². The van der Waals surface area contributed by atoms with E-state index in [1.807, 2.05) is 37.5 Å². The lowest BCUT2D eigenvalue weighted by Gasteiger charge is -2.38. The van der Waals surface area contributed by atoms with E-state index in [2.05, 4.69) is 40.7 Å². The summed E-state index contributed by atoms with van der Waals surface area (Å²) in [6.07, 6.45) is 12.2. The van der Waals surface area contributed by atoms with Crippen molar-refractivity contribution in [2.24, 2.45) is 0 Å². The monoisotopic (exact) mass is 473 g/mol. The van der Waals surface area contributed by atoms with E-state index in [0.29, 0.717) is 6.04 Å². The summed E-state index contributed by atoms with van der Waals surface area (Å²) >= 11 is 1.92. The lowest BCUT2D eigenvalue weighted by atomic mass is 9.96. The SMILES string of the molecule is C=CNC1CCCCC1.CCN1CCc2sc(N3CCC3C)nc2C1.CCc1cc(C)no1. The second-order valence-corrected chi connectivity index (χ2v) is 10.4. The van der Waals surface area contributed by atoms with Gasteiger partial charge in [0.1, 0.15) is 5.76 Å². The Morgan fingerprint density at radius 1 is 1.21 bits per heavy atom. The van der Waals surface area contributed by atoms with Crippen LogP contribution in [0.1, 0.15) is 81.3 Å². The zero-order chi connectivity index (χ0) is 23.6. The van der Waals surface area contributed by atoms with E-state index in [0.717, 1.165) is 37.0 Å². The molecular formula is C26H43N5OS. The molecule has 2 fully saturated rings. The molecule has 33 heavy (non-hydrogen) atoms. The standard InChI is InChI=1S/C12H19N3S.C8H15N.C6H9NO/c1-3-14-6-5-11-10(8-14)13-12(16-11)15-7-4-9(15)2;1-2-9-8-6-4-3-5-7-8;1-3-6-4-5(2)7-8-6/h9H,3-8H2,1-2H3;2,8-9H,1,3-7H2;4H,3H2,1-2H3. The van der Waals surface area contributed by atoms with Gasteiger partial charge < -0.3 is 14.7 Å². The van der Waals surface area contributed by atoms with Crippen LogP contribution < -0.4 is 10.2 Å². The summed E-state index contributed by atoms with van der Waals surface area (Å²) in [7, 11) is 0. The molecule has 0 bridgehead atoms. The summed E-state index contributed by atoms with van der Waals surface area (Å²) in [5.41, 5.74) is 2.30. The Bertz CT molecular complexity index is 842. The van der Waals surface area contributed by atoms with Crippen LogP contribution in [0.4, 0.5) is 5.13 Å². The summed E-state index contributed by atoms with van der Waals surface area (Å²) in [6, 6.07) is 3.38. The highest BCUT2D eigenvalue weighted by Gasteiger charge is 2.28. The van der Waals surface area contributed by atoms with Crippen molar-refractivity contribution in [1.29, 1.82) is 0 Å². The van der Waals surface area contributed by atoms with Crippen LogP contribution in [0.3, 0.4) is 0 Å². The summed E-state index contributed by atoms with van der Waals surface area (Å²) in [6.45, 7) is 16.7. The van der Waals surface area contributed by atoms with Gasteiger partial charge >= 0.3 is 0 Å². The molecule has 7 heteroatoms. The quantitative estimate of drug-likeness (QED) is 0.600. The molecular weight excluding hydrogens is 430 g/mol. The first-order valence-corrected chi connectivity index (χ1v) is 13.6. The van der Waals surface area contributed by atoms with E-state index in [4.69, 9.17) is 9.51 Å². The minimum absolute atomic E-state index is 0.704. The molecule has 1 unspecified atom stereocenters. The van der Waals surface area contributed by atoms with Crippen LogP contribution in [0.2, 0.25) is 0 Å². The number of fused-ring (bicyclic) bond motifs is 1. The Morgan fingerprint density at radius 2 is 2.00 bits per heavy atom. The van der Waals surface area contributed by atoms with Crippen LogP contribution >= 0.6 is 11.3 Å². The zero-order valence-electron chi connectivity index (χ0n) is 21.1. The number of likely N-dealkylation sites (N-methyl/N-ethyl adjacent to an activating group) is 1. The van der Waals surface area contributed by atoms with Gasteiger partial charge in [0, 0.05) is 49.1 Å². The van der Waals surface area contributed by atoms with E-state index >= 15 is 0 Å². The van der Waals surface area contributed by atoms with E-state index in [1.54, 1.807) is 0 Å². The van der Waals surface area contributed by atoms with Crippen LogP contribution in [0.25, 0.3) is 0 Å². The van der Waals surface area contributed by atoms with Crippen molar-refractivity contribution in [1.82, 2.24) is 20.4 Å². The number of hydrogen-bond donors (Lipinski definition) is 1. The summed E-state index contributed by atoms with van der Waals surface area (Å²) < 4.78 is 4.86. The first kappa shape index (κ1) is 25.8. The summed E-state index contributed by atoms with van der Waals surface area (Å²) in [5, 5.41) is 8.23. The Balaban J connectivity index is 0.000000153. The third-order valence-electron chi connectivity index (χ3n) is 6.79. The first-order chi connectivity index (χ1) is 16.0. The van der Waals surface area contributed by atoms with E-state index in [-0.39, 0.29) is 0 Å². The third-order valence-corrected chi connectivity index (χ3v) is 7.99. The fraction of sp³-hybridized carbons (Fsp3) is 0.692. The Hall–Kier alpha value is -1.86. The predicted molar refractivity (Wildman–Crippen MR) is 139 cm³/mol. The molecule has 1 saturated heterocycles. The molecule has 0 amide bonds. The van der Waals surface area contributed by atoms with E-state index in [1.165, 1.54) is 73.7 Å². The average Bonchev–Trinajstić information content (AvgIpc) is 3.44. The first-order valence-electron chi connectivity index (χ1n) is 12.8. The van der Waals surface area contributed by atoms with Crippen LogP contribution in [0, 0.1) is 6.92 Å². The topological polar surface area (TPSA) is 57.4 Å². The van der Waals surface area contributed by atoms with Gasteiger partial charge in [0.2, 0.25) is 0 Å². The van der Waals surface area contributed by atoms with Crippen molar-refractivity contribution in [2.75, 3.05) is 24.5 Å². The van der Waals surface area contributed by atoms with E-state index in [9.17, 15) is 0 Å². The van der Waals surface area contributed by atoms with Crippen molar-refractivity contribution >= 4 is 16.5 Å². The maximum atomic E-state index is 4.86. The van der Waals surface area contributed by atoms with Gasteiger partial charge in [-0.2, -0.15) is 0 Å². The van der Waals surface area contributed by atoms with Crippen LogP contribution in [0.5, 0.6) is 0 Å². The minimum atomic E-state index is 0.704. The van der Waals surface area contributed by atoms with Crippen LogP contribution in [-0.4, -0.2) is 46.8 Å². The van der Waals surface area contributed by atoms with Crippen molar-refractivity contribution in [3.63, 3.8) is 0 Å². The van der Waals surface area contributed by atoms with Gasteiger partial charge in [0.05, 0.1) is 11.4 Å². The van der Waals surface area contributed by atoms with Gasteiger partial charge in [0.15, 0.2) is 5.13 Å². The van der Waals surface area contributed by atoms with Crippen molar-refractivity contribution in [3.8, 4) is 0 Å². The van der Waals surface area contributed by atoms with Gasteiger partial charge in [-0.25, -0.2) is 4.98 Å². The molecule has 2 aliphatic heterocycles. The minimum Gasteiger partial charge on any atom is -0.389 e. The maximum Gasteiger partial charge on any atom is 0.186 e. The van der Waals surface area contributed by atoms with Crippen LogP contribution in [0.15, 0.2) is 23.4 Å². The van der Waals surface area contributed by atoms with Gasteiger partial charge in [-0.1, -0.05) is 44.8 Å². The second-order valence-electron chi connectivity index (χ2n) is 9.31. The largest absolute Gasteiger partial charge is 0.389 e. The van der Waals surface area contributed by atoms with Gasteiger partial charge in [-0.3, -0.25) is 4.90 Å². The number of thiazole rings is 1. The number of nitrogens with one attached hydrogen (secondary N) is 1. The Kier molecular flexibility index (Phi) is 10.3. The molecule has 3 aliphatic rings. The average molecular weight is 474 g/mol. The highest BCUT2D eigenvalue weighted by Crippen LogP contribution is 2.34. The number of anilines is 1. The molecule has 0 aromatic carbocycles. The smallest absolute Gasteiger partial charge is 0.186 e. The van der Waals surface area contributed by atoms with Crippen molar-refractivity contribution in [3.05, 3.63) is 40.9 Å². The lowest BCUT2D eigenvalue weighted by Crippen LogP contribution is -2.45. The fourth-order valence-electron chi connectivity index (χ4n) is 4.45. The number of aromatic nitrogens is 2. The molecule has 1 N–H and O–H groups in total. The van der Waals surface area contributed by atoms with Gasteiger partial charge in [0.25, 0.3) is 0 Å². The highest BCUT2D eigenvalue weighted by atomic mass is 32.1. The summed E-state index contributed by atoms with van der Waals surface area (Å²) in [4.78, 5) is 11.3. The van der Waals surface area contributed by atoms with Gasteiger partial charge in [-0.15, -0.1) is 11.3 Å². The molecule has 1 aliphatic carbocycles. The number of aryl methyl sites for hydroxylation is 2. The highest BCUT2D eigenvalue weighted by molar-refractivity contribution is 7.15. The predicted octanol–water partition coefficient (Wildman–Crippen LogP) is 5.72. The number of hydrogen-bond acceptors (Lipinski definition) is 7. The van der Waals surface area contributed by atoms with Crippen LogP contribution in [-0.2, 0) is 19.4 Å².